The van der Waals surface area contributed by atoms with E-state index >= 15 is 0 Å². The summed E-state index contributed by atoms with van der Waals surface area (Å²) in [6.45, 7) is 4.30. The first-order valence-electron chi connectivity index (χ1n) is 6.92. The molecule has 0 aliphatic carbocycles. The maximum atomic E-state index is 4.63. The maximum Gasteiger partial charge on any atom is 0.206 e. The lowest BCUT2D eigenvalue weighted by molar-refractivity contribution is 0.840. The summed E-state index contributed by atoms with van der Waals surface area (Å²) in [7, 11) is 0. The van der Waals surface area contributed by atoms with E-state index in [1.807, 2.05) is 34.5 Å². The van der Waals surface area contributed by atoms with E-state index in [0.717, 1.165) is 26.1 Å². The Kier molecular flexibility index (Phi) is 5.38. The minimum absolute atomic E-state index is 0.576. The highest BCUT2D eigenvalue weighted by Crippen LogP contribution is 2.23. The van der Waals surface area contributed by atoms with Gasteiger partial charge in [-0.2, -0.15) is 16.4 Å². The lowest BCUT2D eigenvalue weighted by atomic mass is 10.2. The third kappa shape index (κ3) is 3.96. The van der Waals surface area contributed by atoms with Crippen LogP contribution in [-0.4, -0.2) is 17.4 Å². The smallest absolute Gasteiger partial charge is 0.206 e. The maximum absolute atomic E-state index is 4.63. The fraction of sp³-hybridized carbons (Fsp3) is 0.0588. The third-order valence-corrected chi connectivity index (χ3v) is 5.08. The summed E-state index contributed by atoms with van der Waals surface area (Å²) < 4.78 is 2.92. The molecule has 23 heavy (non-hydrogen) atoms. The first-order valence-corrected chi connectivity index (χ1v) is 9.54. The van der Waals surface area contributed by atoms with Crippen LogP contribution in [0.5, 0.6) is 0 Å². The van der Waals surface area contributed by atoms with Gasteiger partial charge in [-0.1, -0.05) is 34.1 Å². The summed E-state index contributed by atoms with van der Waals surface area (Å²) in [5.74, 6) is 0. The Morgan fingerprint density at radius 2 is 2.17 bits per heavy atom. The van der Waals surface area contributed by atoms with Crippen LogP contribution in [0.4, 0.5) is 0 Å². The number of thiophene rings is 1. The van der Waals surface area contributed by atoms with Gasteiger partial charge in [0.15, 0.2) is 0 Å². The normalized spacial score (nSPS) is 12.1. The Hall–Kier alpha value is -1.76. The van der Waals surface area contributed by atoms with Crippen LogP contribution in [0.3, 0.4) is 0 Å². The Morgan fingerprint density at radius 3 is 2.91 bits per heavy atom. The highest BCUT2D eigenvalue weighted by atomic mass is 79.9. The van der Waals surface area contributed by atoms with Crippen LogP contribution in [0.2, 0.25) is 0 Å². The molecular weight excluding hydrogens is 390 g/mol. The summed E-state index contributed by atoms with van der Waals surface area (Å²) in [6.07, 6.45) is 3.64. The zero-order valence-corrected chi connectivity index (χ0v) is 15.4. The van der Waals surface area contributed by atoms with Gasteiger partial charge in [0, 0.05) is 21.0 Å². The number of hydrogen-bond acceptors (Lipinski definition) is 4. The monoisotopic (exact) mass is 403 g/mol. The molecule has 3 nitrogen and oxygen atoms in total. The number of benzene rings is 1. The van der Waals surface area contributed by atoms with Crippen molar-refractivity contribution in [1.82, 2.24) is 4.68 Å². The molecule has 0 aliphatic heterocycles. The molecule has 0 bridgehead atoms. The van der Waals surface area contributed by atoms with Gasteiger partial charge in [0.2, 0.25) is 4.80 Å². The van der Waals surface area contributed by atoms with E-state index in [4.69, 9.17) is 0 Å². The van der Waals surface area contributed by atoms with Crippen LogP contribution in [0.1, 0.15) is 5.56 Å². The second-order valence-corrected chi connectivity index (χ2v) is 7.19. The Balaban J connectivity index is 2.09. The van der Waals surface area contributed by atoms with Crippen molar-refractivity contribution in [2.45, 2.75) is 0 Å². The highest BCUT2D eigenvalue weighted by Gasteiger charge is 2.07. The number of thiazole rings is 1. The average Bonchev–Trinajstić information content (AvgIpc) is 3.20. The highest BCUT2D eigenvalue weighted by molar-refractivity contribution is 9.10. The van der Waals surface area contributed by atoms with Crippen LogP contribution in [0.25, 0.3) is 11.3 Å². The van der Waals surface area contributed by atoms with Crippen molar-refractivity contribution in [3.63, 3.8) is 0 Å². The molecule has 1 aromatic carbocycles. The van der Waals surface area contributed by atoms with Gasteiger partial charge in [0.1, 0.15) is 0 Å². The van der Waals surface area contributed by atoms with Gasteiger partial charge in [-0.25, -0.2) is 4.68 Å². The number of rotatable bonds is 5. The molecule has 0 N–H and O–H groups in total. The molecule has 3 aromatic rings. The van der Waals surface area contributed by atoms with Crippen molar-refractivity contribution in [1.29, 1.82) is 0 Å². The zero-order chi connectivity index (χ0) is 16.1. The largest absolute Gasteiger partial charge is 0.253 e. The van der Waals surface area contributed by atoms with E-state index in [1.165, 1.54) is 0 Å². The lowest BCUT2D eigenvalue weighted by Crippen LogP contribution is -2.12. The molecule has 0 saturated heterocycles. The van der Waals surface area contributed by atoms with Gasteiger partial charge in [-0.15, -0.1) is 17.9 Å². The number of aromatic nitrogens is 1. The van der Waals surface area contributed by atoms with E-state index in [1.54, 1.807) is 28.7 Å². The Morgan fingerprint density at radius 1 is 1.26 bits per heavy atom. The van der Waals surface area contributed by atoms with Crippen molar-refractivity contribution >= 4 is 44.8 Å². The molecule has 0 saturated carbocycles. The number of halogens is 1. The molecule has 0 radical (unpaired) electrons. The molecule has 116 valence electrons. The van der Waals surface area contributed by atoms with Crippen molar-refractivity contribution < 1.29 is 0 Å². The molecule has 0 fully saturated rings. The molecular formula is C17H14BrN3S2. The summed E-state index contributed by atoms with van der Waals surface area (Å²) in [5.41, 5.74) is 3.20. The Bertz CT molecular complexity index is 889. The van der Waals surface area contributed by atoms with Gasteiger partial charge in [0.05, 0.1) is 18.5 Å². The quantitative estimate of drug-likeness (QED) is 0.423. The van der Waals surface area contributed by atoms with E-state index in [0.29, 0.717) is 6.54 Å². The molecule has 0 spiro atoms. The van der Waals surface area contributed by atoms with Gasteiger partial charge < -0.3 is 0 Å². The summed E-state index contributed by atoms with van der Waals surface area (Å²) in [4.78, 5) is 5.39. The van der Waals surface area contributed by atoms with Crippen molar-refractivity contribution in [3.05, 3.63) is 74.0 Å². The van der Waals surface area contributed by atoms with Crippen molar-refractivity contribution in [2.75, 3.05) is 6.54 Å². The minimum atomic E-state index is 0.576. The van der Waals surface area contributed by atoms with Crippen LogP contribution in [0, 0.1) is 0 Å². The second-order valence-electron chi connectivity index (χ2n) is 4.66. The van der Waals surface area contributed by atoms with E-state index in [9.17, 15) is 0 Å². The van der Waals surface area contributed by atoms with Crippen LogP contribution in [0.15, 0.2) is 73.7 Å². The molecule has 6 heteroatoms. The van der Waals surface area contributed by atoms with Gasteiger partial charge in [-0.05, 0) is 29.0 Å². The van der Waals surface area contributed by atoms with Crippen LogP contribution in [-0.2, 0) is 0 Å². The lowest BCUT2D eigenvalue weighted by Gasteiger charge is -2.03. The summed E-state index contributed by atoms with van der Waals surface area (Å²) in [6, 6.07) is 10.2. The van der Waals surface area contributed by atoms with Gasteiger partial charge in [-0.3, -0.25) is 4.99 Å². The minimum Gasteiger partial charge on any atom is -0.253 e. The second kappa shape index (κ2) is 7.68. The predicted octanol–water partition coefficient (Wildman–Crippen LogP) is 5.01. The van der Waals surface area contributed by atoms with Gasteiger partial charge in [0.25, 0.3) is 0 Å². The number of nitrogens with zero attached hydrogens (tertiary/aromatic N) is 3. The molecule has 2 aromatic heterocycles. The molecule has 0 aliphatic rings. The first kappa shape index (κ1) is 16.1. The summed E-state index contributed by atoms with van der Waals surface area (Å²) in [5, 5.41) is 10.8. The zero-order valence-electron chi connectivity index (χ0n) is 12.2. The average molecular weight is 404 g/mol. The molecule has 0 atom stereocenters. The first-order chi connectivity index (χ1) is 11.3. The van der Waals surface area contributed by atoms with Gasteiger partial charge >= 0.3 is 0 Å². The molecule has 0 amide bonds. The van der Waals surface area contributed by atoms with Crippen LogP contribution < -0.4 is 4.80 Å². The van der Waals surface area contributed by atoms with Crippen molar-refractivity contribution in [3.8, 4) is 11.3 Å². The third-order valence-electron chi connectivity index (χ3n) is 3.03. The van der Waals surface area contributed by atoms with E-state index in [2.05, 4.69) is 55.5 Å². The van der Waals surface area contributed by atoms with Crippen molar-refractivity contribution in [2.24, 2.45) is 10.1 Å². The standard InChI is InChI=1S/C17H14BrN3S2/c1-2-7-19-17-21(20-10-13-6-8-22-11-13)16(12-23-17)14-4-3-5-15(18)9-14/h2-6,8-12H,1,7H2. The van der Waals surface area contributed by atoms with E-state index in [-0.39, 0.29) is 0 Å². The molecule has 0 unspecified atom stereocenters. The topological polar surface area (TPSA) is 29.6 Å². The van der Waals surface area contributed by atoms with Crippen LogP contribution >= 0.6 is 38.6 Å². The summed E-state index contributed by atoms with van der Waals surface area (Å²) >= 11 is 6.76. The SMILES string of the molecule is C=CCN=c1scc(-c2cccc(Br)c2)n1N=Cc1ccsc1. The molecule has 3 rings (SSSR count). The Labute approximate surface area is 151 Å². The fourth-order valence-electron chi connectivity index (χ4n) is 1.98. The predicted molar refractivity (Wildman–Crippen MR) is 103 cm³/mol. The van der Waals surface area contributed by atoms with E-state index < -0.39 is 0 Å². The fourth-order valence-corrected chi connectivity index (χ4v) is 3.84. The molecule has 2 heterocycles. The number of hydrogen-bond donors (Lipinski definition) is 0.